The number of hydrogen-bond donors (Lipinski definition) is 1. The van der Waals surface area contributed by atoms with Gasteiger partial charge in [-0.2, -0.15) is 0 Å². The smallest absolute Gasteiger partial charge is 0.128 e. The molecule has 0 amide bonds. The van der Waals surface area contributed by atoms with Gasteiger partial charge in [-0.25, -0.2) is 0 Å². The summed E-state index contributed by atoms with van der Waals surface area (Å²) in [4.78, 5) is 0. The molecule has 16 heavy (non-hydrogen) atoms. The highest BCUT2D eigenvalue weighted by molar-refractivity contribution is 5.44. The van der Waals surface area contributed by atoms with Crippen molar-refractivity contribution in [1.29, 1.82) is 0 Å². The average Bonchev–Trinajstić information content (AvgIpc) is 3.12. The summed E-state index contributed by atoms with van der Waals surface area (Å²) in [5.41, 5.74) is 7.28. The normalized spacial score (nSPS) is 28.1. The van der Waals surface area contributed by atoms with Gasteiger partial charge in [0.2, 0.25) is 0 Å². The molecule has 1 aliphatic heterocycles. The minimum absolute atomic E-state index is 0.111. The van der Waals surface area contributed by atoms with Gasteiger partial charge in [-0.15, -0.1) is 0 Å². The van der Waals surface area contributed by atoms with E-state index in [2.05, 4.69) is 0 Å². The summed E-state index contributed by atoms with van der Waals surface area (Å²) in [7, 11) is 1.67. The topological polar surface area (TPSA) is 44.5 Å². The second-order valence-corrected chi connectivity index (χ2v) is 4.74. The lowest BCUT2D eigenvalue weighted by molar-refractivity contribution is 0.137. The van der Waals surface area contributed by atoms with E-state index in [1.165, 1.54) is 12.8 Å². The molecule has 2 atom stereocenters. The molecule has 1 fully saturated rings. The number of methoxy groups -OCH3 is 1. The van der Waals surface area contributed by atoms with Crippen LogP contribution in [0.3, 0.4) is 0 Å². The van der Waals surface area contributed by atoms with Crippen LogP contribution in [0.4, 0.5) is 0 Å². The molecule has 86 valence electrons. The van der Waals surface area contributed by atoms with E-state index in [4.69, 9.17) is 15.2 Å². The van der Waals surface area contributed by atoms with Crippen LogP contribution in [0.2, 0.25) is 0 Å². The van der Waals surface area contributed by atoms with Gasteiger partial charge in [0.15, 0.2) is 0 Å². The SMILES string of the molecule is COc1ccc2c(c1)O[C@@H](C1CC1)C[C@@H]2N. The zero-order chi connectivity index (χ0) is 11.1. The van der Waals surface area contributed by atoms with Gasteiger partial charge in [-0.1, -0.05) is 6.07 Å². The monoisotopic (exact) mass is 219 g/mol. The first-order valence-electron chi connectivity index (χ1n) is 5.88. The maximum atomic E-state index is 6.17. The van der Waals surface area contributed by atoms with Crippen LogP contribution in [0, 0.1) is 5.92 Å². The maximum absolute atomic E-state index is 6.17. The van der Waals surface area contributed by atoms with Crippen molar-refractivity contribution < 1.29 is 9.47 Å². The van der Waals surface area contributed by atoms with Crippen LogP contribution in [0.1, 0.15) is 30.9 Å². The van der Waals surface area contributed by atoms with Crippen molar-refractivity contribution in [2.24, 2.45) is 11.7 Å². The van der Waals surface area contributed by atoms with Crippen molar-refractivity contribution in [2.45, 2.75) is 31.4 Å². The first kappa shape index (κ1) is 9.97. The van der Waals surface area contributed by atoms with Crippen LogP contribution in [-0.2, 0) is 0 Å². The van der Waals surface area contributed by atoms with Crippen LogP contribution in [0.25, 0.3) is 0 Å². The Bertz CT molecular complexity index is 401. The fourth-order valence-electron chi connectivity index (χ4n) is 2.40. The first-order valence-corrected chi connectivity index (χ1v) is 5.88. The van der Waals surface area contributed by atoms with Crippen molar-refractivity contribution in [3.63, 3.8) is 0 Å². The van der Waals surface area contributed by atoms with E-state index in [1.54, 1.807) is 7.11 Å². The van der Waals surface area contributed by atoms with Crippen molar-refractivity contribution >= 4 is 0 Å². The average molecular weight is 219 g/mol. The van der Waals surface area contributed by atoms with Crippen LogP contribution < -0.4 is 15.2 Å². The van der Waals surface area contributed by atoms with Crippen LogP contribution in [0.15, 0.2) is 18.2 Å². The maximum Gasteiger partial charge on any atom is 0.128 e. The van der Waals surface area contributed by atoms with Crippen molar-refractivity contribution in [2.75, 3.05) is 7.11 Å². The molecule has 0 spiro atoms. The summed E-state index contributed by atoms with van der Waals surface area (Å²) in [5, 5.41) is 0. The quantitative estimate of drug-likeness (QED) is 0.829. The molecule has 1 heterocycles. The molecule has 1 aromatic rings. The van der Waals surface area contributed by atoms with Crippen molar-refractivity contribution in [1.82, 2.24) is 0 Å². The van der Waals surface area contributed by atoms with E-state index < -0.39 is 0 Å². The Morgan fingerprint density at radius 1 is 1.38 bits per heavy atom. The molecular formula is C13H17NO2. The van der Waals surface area contributed by atoms with Crippen molar-refractivity contribution in [3.05, 3.63) is 23.8 Å². The predicted molar refractivity (Wildman–Crippen MR) is 61.7 cm³/mol. The van der Waals surface area contributed by atoms with E-state index in [-0.39, 0.29) is 6.04 Å². The summed E-state index contributed by atoms with van der Waals surface area (Å²) >= 11 is 0. The van der Waals surface area contributed by atoms with Crippen LogP contribution in [0.5, 0.6) is 11.5 Å². The van der Waals surface area contributed by atoms with Gasteiger partial charge in [0, 0.05) is 24.1 Å². The summed E-state index contributed by atoms with van der Waals surface area (Å²) < 4.78 is 11.2. The first-order chi connectivity index (χ1) is 7.78. The summed E-state index contributed by atoms with van der Waals surface area (Å²) in [6.45, 7) is 0. The zero-order valence-corrected chi connectivity index (χ0v) is 9.48. The largest absolute Gasteiger partial charge is 0.497 e. The van der Waals surface area contributed by atoms with Gasteiger partial charge in [0.25, 0.3) is 0 Å². The Labute approximate surface area is 95.5 Å². The number of hydrogen-bond acceptors (Lipinski definition) is 3. The van der Waals surface area contributed by atoms with Gasteiger partial charge in [-0.3, -0.25) is 0 Å². The fraction of sp³-hybridized carbons (Fsp3) is 0.538. The van der Waals surface area contributed by atoms with Crippen LogP contribution in [-0.4, -0.2) is 13.2 Å². The highest BCUT2D eigenvalue weighted by Gasteiger charge is 2.37. The van der Waals surface area contributed by atoms with Crippen molar-refractivity contribution in [3.8, 4) is 11.5 Å². The molecule has 0 radical (unpaired) electrons. The minimum atomic E-state index is 0.111. The Balaban J connectivity index is 1.91. The molecule has 0 aromatic heterocycles. The Morgan fingerprint density at radius 2 is 2.19 bits per heavy atom. The molecule has 0 saturated heterocycles. The van der Waals surface area contributed by atoms with Gasteiger partial charge in [-0.05, 0) is 24.8 Å². The summed E-state index contributed by atoms with van der Waals surface area (Å²) in [5.74, 6) is 2.47. The lowest BCUT2D eigenvalue weighted by Crippen LogP contribution is -2.30. The molecule has 0 bridgehead atoms. The molecule has 2 aliphatic rings. The molecule has 1 aliphatic carbocycles. The third-order valence-electron chi connectivity index (χ3n) is 3.53. The zero-order valence-electron chi connectivity index (χ0n) is 9.48. The second kappa shape index (κ2) is 3.67. The van der Waals surface area contributed by atoms with Gasteiger partial charge < -0.3 is 15.2 Å². The second-order valence-electron chi connectivity index (χ2n) is 4.74. The van der Waals surface area contributed by atoms with Gasteiger partial charge >= 0.3 is 0 Å². The van der Waals surface area contributed by atoms with Crippen LogP contribution >= 0.6 is 0 Å². The molecule has 0 unspecified atom stereocenters. The van der Waals surface area contributed by atoms with Gasteiger partial charge in [0.1, 0.15) is 17.6 Å². The standard InChI is InChI=1S/C13H17NO2/c1-15-9-4-5-10-11(14)7-12(8-2-3-8)16-13(10)6-9/h4-6,8,11-12H,2-3,7,14H2,1H3/t11-,12+/m0/s1. The van der Waals surface area contributed by atoms with E-state index in [9.17, 15) is 0 Å². The van der Waals surface area contributed by atoms with E-state index in [0.717, 1.165) is 29.4 Å². The van der Waals surface area contributed by atoms with E-state index in [1.807, 2.05) is 18.2 Å². The van der Waals surface area contributed by atoms with E-state index >= 15 is 0 Å². The molecule has 1 saturated carbocycles. The molecular weight excluding hydrogens is 202 g/mol. The van der Waals surface area contributed by atoms with E-state index in [0.29, 0.717) is 6.10 Å². The lowest BCUT2D eigenvalue weighted by atomic mass is 9.95. The summed E-state index contributed by atoms with van der Waals surface area (Å²) in [6.07, 6.45) is 3.84. The highest BCUT2D eigenvalue weighted by Crippen LogP contribution is 2.44. The number of ether oxygens (including phenoxy) is 2. The fourth-order valence-corrected chi connectivity index (χ4v) is 2.40. The molecule has 3 heteroatoms. The summed E-state index contributed by atoms with van der Waals surface area (Å²) in [6, 6.07) is 6.02. The highest BCUT2D eigenvalue weighted by atomic mass is 16.5. The number of fused-ring (bicyclic) bond motifs is 1. The molecule has 2 N–H and O–H groups in total. The molecule has 3 rings (SSSR count). The molecule has 1 aromatic carbocycles. The number of benzene rings is 1. The third-order valence-corrected chi connectivity index (χ3v) is 3.53. The number of rotatable bonds is 2. The Kier molecular flexibility index (Phi) is 2.28. The number of nitrogens with two attached hydrogens (primary N) is 1. The molecule has 3 nitrogen and oxygen atoms in total. The lowest BCUT2D eigenvalue weighted by Gasteiger charge is -2.30. The third kappa shape index (κ3) is 1.65. The Morgan fingerprint density at radius 3 is 2.88 bits per heavy atom. The van der Waals surface area contributed by atoms with Gasteiger partial charge in [0.05, 0.1) is 7.11 Å². The minimum Gasteiger partial charge on any atom is -0.497 e. The Hall–Kier alpha value is -1.22. The predicted octanol–water partition coefficient (Wildman–Crippen LogP) is 2.26.